The minimum absolute atomic E-state index is 0.0192. The highest BCUT2D eigenvalue weighted by atomic mass is 35.5. The van der Waals surface area contributed by atoms with E-state index in [0.29, 0.717) is 28.1 Å². The summed E-state index contributed by atoms with van der Waals surface area (Å²) in [5.41, 5.74) is 1.31. The van der Waals surface area contributed by atoms with E-state index < -0.39 is 27.2 Å². The van der Waals surface area contributed by atoms with Crippen LogP contribution in [0.5, 0.6) is 0 Å². The quantitative estimate of drug-likeness (QED) is 0.273. The van der Waals surface area contributed by atoms with Crippen LogP contribution < -0.4 is 10.4 Å². The molecule has 2 aliphatic rings. The molecule has 11 heteroatoms. The molecule has 9 nitrogen and oxygen atoms in total. The van der Waals surface area contributed by atoms with E-state index >= 15 is 0 Å². The molecule has 1 aliphatic carbocycles. The summed E-state index contributed by atoms with van der Waals surface area (Å²) >= 11 is 8.34. The molecule has 0 aromatic heterocycles. The molecular weight excluding hydrogens is 506 g/mol. The third-order valence-electron chi connectivity index (χ3n) is 6.88. The molecule has 0 unspecified atom stereocenters. The van der Waals surface area contributed by atoms with E-state index in [1.54, 1.807) is 48.5 Å². The number of thioether (sulfide) groups is 1. The van der Waals surface area contributed by atoms with Gasteiger partial charge in [-0.3, -0.25) is 20.2 Å². The van der Waals surface area contributed by atoms with Gasteiger partial charge in [-0.15, -0.1) is 23.4 Å². The molecule has 3 aromatic rings. The number of fused-ring (bicyclic) bond motifs is 3. The van der Waals surface area contributed by atoms with Crippen LogP contribution in [0.1, 0.15) is 39.9 Å². The molecule has 1 saturated carbocycles. The van der Waals surface area contributed by atoms with Gasteiger partial charge in [-0.05, 0) is 24.0 Å². The summed E-state index contributed by atoms with van der Waals surface area (Å²) in [5, 5.41) is 37.8. The predicted octanol–water partition coefficient (Wildman–Crippen LogP) is 4.91. The Kier molecular flexibility index (Phi) is 6.31. The SMILES string of the molecule is O=C([O-])c1cccc2c1N[C@H](c1ccccc1[N+](=O)[O-])[C@H]1C[C@H](Sc3ccccc3[N+](=O)[O-])[C@H](Cl)[C@H]21. The first-order valence-corrected chi connectivity index (χ1v) is 12.5. The number of carbonyl (C=O) groups excluding carboxylic acids is 1. The first kappa shape index (κ1) is 24.1. The largest absolute Gasteiger partial charge is 0.545 e. The smallest absolute Gasteiger partial charge is 0.282 e. The molecule has 0 spiro atoms. The first-order chi connectivity index (χ1) is 17.3. The van der Waals surface area contributed by atoms with E-state index in [2.05, 4.69) is 5.32 Å². The Morgan fingerprint density at radius 1 is 0.917 bits per heavy atom. The molecule has 0 saturated heterocycles. The number of rotatable bonds is 6. The third-order valence-corrected chi connectivity index (χ3v) is 8.99. The minimum Gasteiger partial charge on any atom is -0.545 e. The number of nitro groups is 2. The molecule has 3 aromatic carbocycles. The number of carboxylic acids is 1. The number of hydrogen-bond acceptors (Lipinski definition) is 8. The Morgan fingerprint density at radius 3 is 2.25 bits per heavy atom. The average molecular weight is 525 g/mol. The standard InChI is InChI=1S/C25H20ClN3O6S/c26-22-20(36-19-11-4-3-10-18(19)29(34)35)12-16-21(22)14-7-5-8-15(25(30)31)24(14)27-23(16)13-6-1-2-9-17(13)28(32)33/h1-11,16,20-23,27H,12H2,(H,30,31)/p-1/t16-,20-,21+,22-,23+/m0/s1. The normalized spacial score (nSPS) is 24.3. The molecule has 184 valence electrons. The van der Waals surface area contributed by atoms with Crippen LogP contribution in [-0.2, 0) is 0 Å². The number of alkyl halides is 1. The molecule has 0 radical (unpaired) electrons. The molecular formula is C25H19ClN3O6S-. The van der Waals surface area contributed by atoms with Crippen molar-refractivity contribution < 1.29 is 19.7 Å². The number of anilines is 1. The number of nitrogens with one attached hydrogen (secondary N) is 1. The van der Waals surface area contributed by atoms with Gasteiger partial charge in [-0.2, -0.15) is 0 Å². The highest BCUT2D eigenvalue weighted by Gasteiger charge is 2.51. The maximum absolute atomic E-state index is 11.9. The molecule has 0 bridgehead atoms. The van der Waals surface area contributed by atoms with Crippen molar-refractivity contribution in [3.63, 3.8) is 0 Å². The third kappa shape index (κ3) is 4.06. The number of carbonyl (C=O) groups is 1. The van der Waals surface area contributed by atoms with Crippen LogP contribution in [0, 0.1) is 26.1 Å². The number of nitrogens with zero attached hydrogens (tertiary/aromatic N) is 2. The van der Waals surface area contributed by atoms with E-state index in [1.165, 1.54) is 30.0 Å². The van der Waals surface area contributed by atoms with Gasteiger partial charge < -0.3 is 15.2 Å². The number of hydrogen-bond donors (Lipinski definition) is 1. The zero-order chi connectivity index (χ0) is 25.6. The second-order valence-electron chi connectivity index (χ2n) is 8.75. The van der Waals surface area contributed by atoms with Crippen LogP contribution in [0.4, 0.5) is 17.1 Å². The number of nitro benzene ring substituents is 2. The van der Waals surface area contributed by atoms with E-state index in [9.17, 15) is 30.1 Å². The Morgan fingerprint density at radius 2 is 1.56 bits per heavy atom. The zero-order valence-corrected chi connectivity index (χ0v) is 20.1. The van der Waals surface area contributed by atoms with Crippen molar-refractivity contribution in [3.8, 4) is 0 Å². The Labute approximate surface area is 214 Å². The van der Waals surface area contributed by atoms with Crippen molar-refractivity contribution in [2.45, 2.75) is 33.9 Å². The molecule has 1 aliphatic heterocycles. The van der Waals surface area contributed by atoms with Gasteiger partial charge in [0.1, 0.15) is 0 Å². The Balaban J connectivity index is 1.62. The lowest BCUT2D eigenvalue weighted by Gasteiger charge is -2.39. The van der Waals surface area contributed by atoms with E-state index in [-0.39, 0.29) is 34.0 Å². The van der Waals surface area contributed by atoms with Crippen LogP contribution in [-0.4, -0.2) is 26.4 Å². The number of para-hydroxylation sites is 3. The number of aromatic carboxylic acids is 1. The molecule has 5 rings (SSSR count). The number of carboxylic acid groups (broad SMARTS) is 1. The summed E-state index contributed by atoms with van der Waals surface area (Å²) in [6.07, 6.45) is 0.508. The van der Waals surface area contributed by atoms with Crippen molar-refractivity contribution in [1.29, 1.82) is 0 Å². The van der Waals surface area contributed by atoms with Gasteiger partial charge in [0.15, 0.2) is 0 Å². The fourth-order valence-corrected chi connectivity index (χ4v) is 7.35. The van der Waals surface area contributed by atoms with Gasteiger partial charge in [0.2, 0.25) is 0 Å². The van der Waals surface area contributed by atoms with Gasteiger partial charge in [-0.25, -0.2) is 0 Å². The second kappa shape index (κ2) is 9.44. The topological polar surface area (TPSA) is 138 Å². The maximum atomic E-state index is 11.9. The Hall–Kier alpha value is -3.63. The van der Waals surface area contributed by atoms with E-state index in [1.807, 2.05) is 0 Å². The molecule has 0 amide bonds. The fraction of sp³-hybridized carbons (Fsp3) is 0.240. The zero-order valence-electron chi connectivity index (χ0n) is 18.6. The van der Waals surface area contributed by atoms with E-state index in [0.717, 1.165) is 0 Å². The lowest BCUT2D eigenvalue weighted by molar-refractivity contribution is -0.387. The van der Waals surface area contributed by atoms with E-state index in [4.69, 9.17) is 11.6 Å². The lowest BCUT2D eigenvalue weighted by Crippen LogP contribution is -2.34. The molecule has 1 fully saturated rings. The second-order valence-corrected chi connectivity index (χ2v) is 10.5. The van der Waals surface area contributed by atoms with Gasteiger partial charge in [0.05, 0.1) is 37.7 Å². The van der Waals surface area contributed by atoms with Crippen molar-refractivity contribution in [1.82, 2.24) is 0 Å². The van der Waals surface area contributed by atoms with Gasteiger partial charge in [-0.1, -0.05) is 48.5 Å². The fourth-order valence-electron chi connectivity index (χ4n) is 5.41. The van der Waals surface area contributed by atoms with Gasteiger partial charge >= 0.3 is 0 Å². The number of benzene rings is 3. The summed E-state index contributed by atoms with van der Waals surface area (Å²) in [5.74, 6) is -1.93. The maximum Gasteiger partial charge on any atom is 0.282 e. The monoisotopic (exact) mass is 524 g/mol. The summed E-state index contributed by atoms with van der Waals surface area (Å²) in [4.78, 5) is 34.9. The highest BCUT2D eigenvalue weighted by molar-refractivity contribution is 8.00. The van der Waals surface area contributed by atoms with Crippen LogP contribution >= 0.6 is 23.4 Å². The summed E-state index contributed by atoms with van der Waals surface area (Å²) in [6.45, 7) is 0. The molecule has 1 heterocycles. The highest BCUT2D eigenvalue weighted by Crippen LogP contribution is 2.59. The molecule has 1 N–H and O–H groups in total. The van der Waals surface area contributed by atoms with Crippen molar-refractivity contribution >= 4 is 46.4 Å². The lowest BCUT2D eigenvalue weighted by atomic mass is 9.76. The van der Waals surface area contributed by atoms with Crippen molar-refractivity contribution in [2.24, 2.45) is 5.92 Å². The van der Waals surface area contributed by atoms with Gasteiger partial charge in [0, 0.05) is 34.6 Å². The van der Waals surface area contributed by atoms with Crippen LogP contribution in [0.3, 0.4) is 0 Å². The summed E-state index contributed by atoms with van der Waals surface area (Å²) in [7, 11) is 0. The van der Waals surface area contributed by atoms with Crippen LogP contribution in [0.25, 0.3) is 0 Å². The van der Waals surface area contributed by atoms with Crippen molar-refractivity contribution in [2.75, 3.05) is 5.32 Å². The first-order valence-electron chi connectivity index (χ1n) is 11.2. The van der Waals surface area contributed by atoms with Crippen LogP contribution in [0.15, 0.2) is 71.6 Å². The molecule has 5 atom stereocenters. The molecule has 36 heavy (non-hydrogen) atoms. The number of halogens is 1. The van der Waals surface area contributed by atoms with Gasteiger partial charge in [0.25, 0.3) is 11.4 Å². The van der Waals surface area contributed by atoms with Crippen LogP contribution in [0.2, 0.25) is 0 Å². The van der Waals surface area contributed by atoms with Crippen molar-refractivity contribution in [3.05, 3.63) is 104 Å². The minimum atomic E-state index is -1.37. The Bertz CT molecular complexity index is 1390. The summed E-state index contributed by atoms with van der Waals surface area (Å²) in [6, 6.07) is 17.0. The predicted molar refractivity (Wildman–Crippen MR) is 133 cm³/mol. The average Bonchev–Trinajstić information content (AvgIpc) is 3.19. The summed E-state index contributed by atoms with van der Waals surface area (Å²) < 4.78 is 0.